The molecule has 0 aliphatic rings. The average molecular weight is 752 g/mol. The van der Waals surface area contributed by atoms with Gasteiger partial charge in [0.2, 0.25) is 0 Å². The molecule has 0 radical (unpaired) electrons. The quantitative estimate of drug-likeness (QED) is 0.142. The molecule has 0 bridgehead atoms. The highest BCUT2D eigenvalue weighted by Crippen LogP contribution is 2.46. The van der Waals surface area contributed by atoms with Gasteiger partial charge in [0.05, 0.1) is 5.69 Å². The van der Waals surface area contributed by atoms with Crippen LogP contribution >= 0.6 is 0 Å². The molecule has 10 rings (SSSR count). The van der Waals surface area contributed by atoms with Gasteiger partial charge in [-0.05, 0) is 102 Å². The molecule has 0 unspecified atom stereocenters. The van der Waals surface area contributed by atoms with E-state index in [1.54, 1.807) is 0 Å². The van der Waals surface area contributed by atoms with Gasteiger partial charge in [-0.3, -0.25) is 0 Å². The van der Waals surface area contributed by atoms with E-state index in [1.807, 2.05) is 0 Å². The summed E-state index contributed by atoms with van der Waals surface area (Å²) >= 11 is 0. The summed E-state index contributed by atoms with van der Waals surface area (Å²) in [5.74, 6) is 0. The zero-order chi connectivity index (χ0) is 39.4. The maximum absolute atomic E-state index is 2.41. The van der Waals surface area contributed by atoms with Gasteiger partial charge < -0.3 is 4.90 Å². The van der Waals surface area contributed by atoms with Crippen LogP contribution in [0.2, 0.25) is 0 Å². The van der Waals surface area contributed by atoms with Gasteiger partial charge in [-0.1, -0.05) is 218 Å². The smallest absolute Gasteiger partial charge is 0.0540 e. The summed E-state index contributed by atoms with van der Waals surface area (Å²) in [7, 11) is 0. The number of benzene rings is 10. The van der Waals surface area contributed by atoms with E-state index in [2.05, 4.69) is 254 Å². The van der Waals surface area contributed by atoms with Crippen molar-refractivity contribution < 1.29 is 0 Å². The summed E-state index contributed by atoms with van der Waals surface area (Å²) in [5, 5.41) is 2.50. The molecule has 0 saturated carbocycles. The maximum Gasteiger partial charge on any atom is 0.0540 e. The number of anilines is 3. The van der Waals surface area contributed by atoms with Gasteiger partial charge in [-0.15, -0.1) is 0 Å². The second-order valence-electron chi connectivity index (χ2n) is 14.8. The molecule has 0 fully saturated rings. The van der Waals surface area contributed by atoms with Crippen LogP contribution in [-0.2, 0) is 0 Å². The van der Waals surface area contributed by atoms with Crippen LogP contribution in [0, 0.1) is 0 Å². The van der Waals surface area contributed by atoms with Crippen molar-refractivity contribution in [2.24, 2.45) is 0 Å². The third kappa shape index (κ3) is 7.01. The van der Waals surface area contributed by atoms with Gasteiger partial charge in [0.25, 0.3) is 0 Å². The van der Waals surface area contributed by atoms with Crippen LogP contribution in [0.1, 0.15) is 0 Å². The lowest BCUT2D eigenvalue weighted by atomic mass is 9.88. The van der Waals surface area contributed by atoms with Crippen molar-refractivity contribution in [3.63, 3.8) is 0 Å². The lowest BCUT2D eigenvalue weighted by molar-refractivity contribution is 1.28. The summed E-state index contributed by atoms with van der Waals surface area (Å²) in [6.07, 6.45) is 0. The van der Waals surface area contributed by atoms with E-state index in [0.29, 0.717) is 0 Å². The monoisotopic (exact) mass is 751 g/mol. The molecule has 1 heteroatoms. The first-order chi connectivity index (χ1) is 29.3. The Labute approximate surface area is 346 Å². The molecule has 0 N–H and O–H groups in total. The van der Waals surface area contributed by atoms with Crippen molar-refractivity contribution in [1.29, 1.82) is 0 Å². The highest BCUT2D eigenvalue weighted by Gasteiger charge is 2.21. The number of fused-ring (bicyclic) bond motifs is 1. The van der Waals surface area contributed by atoms with Crippen LogP contribution in [0.25, 0.3) is 77.5 Å². The zero-order valence-corrected chi connectivity index (χ0v) is 32.6. The SMILES string of the molecule is c1ccc(-c2ccccc2-c2ccc(N(c3ccc(-c4cccc5ccccc45)cc3)c3ccccc3-c3ccccc3-c3ccccc3-c3ccccc3)cc2)cc1. The van der Waals surface area contributed by atoms with E-state index in [0.717, 1.165) is 22.6 Å². The van der Waals surface area contributed by atoms with Gasteiger partial charge in [0.1, 0.15) is 0 Å². The minimum absolute atomic E-state index is 1.08. The van der Waals surface area contributed by atoms with Crippen LogP contribution in [0.5, 0.6) is 0 Å². The van der Waals surface area contributed by atoms with Crippen LogP contribution in [0.15, 0.2) is 249 Å². The molecule has 10 aromatic carbocycles. The fraction of sp³-hybridized carbons (Fsp3) is 0. The predicted molar refractivity (Wildman–Crippen MR) is 251 cm³/mol. The lowest BCUT2D eigenvalue weighted by Crippen LogP contribution is -2.11. The maximum atomic E-state index is 2.41. The van der Waals surface area contributed by atoms with Crippen LogP contribution < -0.4 is 4.90 Å². The lowest BCUT2D eigenvalue weighted by Gasteiger charge is -2.29. The number of para-hydroxylation sites is 1. The fourth-order valence-corrected chi connectivity index (χ4v) is 8.53. The molecule has 0 amide bonds. The first-order valence-electron chi connectivity index (χ1n) is 20.3. The molecule has 0 aromatic heterocycles. The molecule has 59 heavy (non-hydrogen) atoms. The third-order valence-electron chi connectivity index (χ3n) is 11.3. The average Bonchev–Trinajstić information content (AvgIpc) is 3.33. The Balaban J connectivity index is 1.12. The fourth-order valence-electron chi connectivity index (χ4n) is 8.53. The Kier molecular flexibility index (Phi) is 9.68. The molecule has 0 heterocycles. The Bertz CT molecular complexity index is 3010. The van der Waals surface area contributed by atoms with Crippen molar-refractivity contribution in [3.8, 4) is 66.8 Å². The Morgan fingerprint density at radius 1 is 0.203 bits per heavy atom. The van der Waals surface area contributed by atoms with E-state index in [9.17, 15) is 0 Å². The van der Waals surface area contributed by atoms with Crippen molar-refractivity contribution >= 4 is 27.8 Å². The summed E-state index contributed by atoms with van der Waals surface area (Å²) in [6, 6.07) is 89.8. The normalized spacial score (nSPS) is 11.1. The van der Waals surface area contributed by atoms with Crippen molar-refractivity contribution in [1.82, 2.24) is 0 Å². The highest BCUT2D eigenvalue weighted by molar-refractivity contribution is 5.99. The second kappa shape index (κ2) is 16.0. The van der Waals surface area contributed by atoms with Gasteiger partial charge in [-0.25, -0.2) is 0 Å². The van der Waals surface area contributed by atoms with Crippen molar-refractivity contribution in [3.05, 3.63) is 249 Å². The van der Waals surface area contributed by atoms with Gasteiger partial charge in [-0.2, -0.15) is 0 Å². The molecule has 10 aromatic rings. The van der Waals surface area contributed by atoms with E-state index in [1.165, 1.54) is 72.0 Å². The molecule has 0 spiro atoms. The molecule has 0 saturated heterocycles. The zero-order valence-electron chi connectivity index (χ0n) is 32.6. The topological polar surface area (TPSA) is 3.24 Å². The third-order valence-corrected chi connectivity index (χ3v) is 11.3. The van der Waals surface area contributed by atoms with Crippen molar-refractivity contribution in [2.75, 3.05) is 4.90 Å². The highest BCUT2D eigenvalue weighted by atomic mass is 15.1. The van der Waals surface area contributed by atoms with Crippen LogP contribution in [-0.4, -0.2) is 0 Å². The summed E-state index contributed by atoms with van der Waals surface area (Å²) in [6.45, 7) is 0. The molecule has 1 nitrogen and oxygen atoms in total. The molecular formula is C58H41N. The summed E-state index contributed by atoms with van der Waals surface area (Å²) in [4.78, 5) is 2.41. The molecular weight excluding hydrogens is 711 g/mol. The van der Waals surface area contributed by atoms with Gasteiger partial charge in [0.15, 0.2) is 0 Å². The van der Waals surface area contributed by atoms with Crippen LogP contribution in [0.3, 0.4) is 0 Å². The molecule has 278 valence electrons. The van der Waals surface area contributed by atoms with E-state index in [-0.39, 0.29) is 0 Å². The summed E-state index contributed by atoms with van der Waals surface area (Å²) in [5.41, 5.74) is 17.7. The minimum atomic E-state index is 1.08. The van der Waals surface area contributed by atoms with Crippen LogP contribution in [0.4, 0.5) is 17.1 Å². The Hall–Kier alpha value is -7.74. The van der Waals surface area contributed by atoms with Gasteiger partial charge >= 0.3 is 0 Å². The number of nitrogens with zero attached hydrogens (tertiary/aromatic N) is 1. The van der Waals surface area contributed by atoms with Gasteiger partial charge in [0, 0.05) is 16.9 Å². The predicted octanol–water partition coefficient (Wildman–Crippen LogP) is 16.3. The van der Waals surface area contributed by atoms with Crippen molar-refractivity contribution in [2.45, 2.75) is 0 Å². The molecule has 0 atom stereocenters. The van der Waals surface area contributed by atoms with E-state index in [4.69, 9.17) is 0 Å². The first-order valence-corrected chi connectivity index (χ1v) is 20.3. The molecule has 0 aliphatic carbocycles. The number of hydrogen-bond acceptors (Lipinski definition) is 1. The number of hydrogen-bond donors (Lipinski definition) is 0. The van der Waals surface area contributed by atoms with E-state index < -0.39 is 0 Å². The Morgan fingerprint density at radius 3 is 1.10 bits per heavy atom. The largest absolute Gasteiger partial charge is 0.310 e. The Morgan fingerprint density at radius 2 is 0.542 bits per heavy atom. The second-order valence-corrected chi connectivity index (χ2v) is 14.8. The standard InChI is InChI=1S/C58H41N/c1-3-18-42(19-4-1)49-25-9-10-26-51(49)45-34-38-47(39-35-45)59(48-40-36-46(37-41-48)52-32-17-23-44-22-7-8-24-50(44)52)58-33-16-15-31-57(58)56-30-14-13-29-55(56)54-28-12-11-27-53(54)43-20-5-2-6-21-43/h1-41H. The number of rotatable bonds is 9. The summed E-state index contributed by atoms with van der Waals surface area (Å²) < 4.78 is 0. The van der Waals surface area contributed by atoms with E-state index >= 15 is 0 Å². The molecule has 0 aliphatic heterocycles. The minimum Gasteiger partial charge on any atom is -0.310 e. The first kappa shape index (κ1) is 35.7.